The molecule has 5 aliphatic carbocycles. The van der Waals surface area contributed by atoms with E-state index in [4.69, 9.17) is 18.9 Å². The van der Waals surface area contributed by atoms with Gasteiger partial charge in [-0.25, -0.2) is 0 Å². The Hall–Kier alpha value is -0.770. The average Bonchev–Trinajstić information content (AvgIpc) is 3.50. The molecule has 5 saturated carbocycles. The lowest BCUT2D eigenvalue weighted by Crippen LogP contribution is -2.56. The zero-order chi connectivity index (χ0) is 30.7. The van der Waals surface area contributed by atoms with Gasteiger partial charge in [0.15, 0.2) is 12.4 Å². The van der Waals surface area contributed by atoms with Gasteiger partial charge in [-0.3, -0.25) is 4.79 Å². The minimum absolute atomic E-state index is 0.0284. The average molecular weight is 605 g/mol. The van der Waals surface area contributed by atoms with Crippen LogP contribution in [0, 0.1) is 45.3 Å². The first-order valence-corrected chi connectivity index (χ1v) is 17.3. The highest BCUT2D eigenvalue weighted by molar-refractivity contribution is 5.66. The number of hydrogen-bond donors (Lipinski definition) is 3. The maximum Gasteiger partial charge on any atom is 0.303 e. The smallest absolute Gasteiger partial charge is 0.303 e. The lowest BCUT2D eigenvalue weighted by molar-refractivity contribution is -0.264. The number of ether oxygens (including phenoxy) is 4. The van der Waals surface area contributed by atoms with Crippen molar-refractivity contribution >= 4 is 5.97 Å². The minimum atomic E-state index is -1.15. The maximum atomic E-state index is 11.9. The number of carbonyl (C=O) groups excluding carboxylic acids is 1. The summed E-state index contributed by atoms with van der Waals surface area (Å²) in [6.07, 6.45) is 9.32. The molecular formula is C35H56O8. The van der Waals surface area contributed by atoms with E-state index in [-0.39, 0.29) is 41.7 Å². The van der Waals surface area contributed by atoms with Crippen LogP contribution in [0.5, 0.6) is 0 Å². The van der Waals surface area contributed by atoms with E-state index in [9.17, 15) is 20.1 Å². The molecule has 0 aromatic heterocycles. The minimum Gasteiger partial charge on any atom is -0.457 e. The van der Waals surface area contributed by atoms with Gasteiger partial charge in [-0.15, -0.1) is 0 Å². The van der Waals surface area contributed by atoms with Crippen LogP contribution < -0.4 is 0 Å². The van der Waals surface area contributed by atoms with Gasteiger partial charge in [0.1, 0.15) is 6.10 Å². The highest BCUT2D eigenvalue weighted by Gasteiger charge is 2.80. The van der Waals surface area contributed by atoms with E-state index in [1.165, 1.54) is 45.4 Å². The SMILES string of the molecule is CC(=O)O[C@@H](C1CC[C@H]2C(CC3C4CCC5C(C)(C)C(OC6C[C@@H](O)[C@H](O)CO6)CCC56C[C@@]46CCC32C)O1)C(C)(C)O. The fraction of sp³-hybridized carbons (Fsp3) is 0.971. The number of aliphatic hydroxyl groups is 3. The maximum absolute atomic E-state index is 11.9. The third kappa shape index (κ3) is 4.54. The van der Waals surface area contributed by atoms with Crippen molar-refractivity contribution in [2.45, 2.75) is 161 Å². The summed E-state index contributed by atoms with van der Waals surface area (Å²) >= 11 is 0. The van der Waals surface area contributed by atoms with Gasteiger partial charge in [0.25, 0.3) is 0 Å². The fourth-order valence-corrected chi connectivity index (χ4v) is 12.6. The molecular weight excluding hydrogens is 548 g/mol. The van der Waals surface area contributed by atoms with Crippen LogP contribution in [0.15, 0.2) is 0 Å². The highest BCUT2D eigenvalue weighted by atomic mass is 16.7. The number of fused-ring (bicyclic) bond motifs is 4. The summed E-state index contributed by atoms with van der Waals surface area (Å²) in [6, 6.07) is 0. The molecule has 0 bridgehead atoms. The van der Waals surface area contributed by atoms with Crippen molar-refractivity contribution in [2.24, 2.45) is 45.3 Å². The van der Waals surface area contributed by atoms with E-state index in [1.807, 2.05) is 0 Å². The molecule has 2 heterocycles. The second kappa shape index (κ2) is 10.1. The van der Waals surface area contributed by atoms with Crippen molar-refractivity contribution in [2.75, 3.05) is 6.61 Å². The molecule has 0 aromatic rings. The molecule has 8 heteroatoms. The van der Waals surface area contributed by atoms with Crippen LogP contribution in [0.3, 0.4) is 0 Å². The van der Waals surface area contributed by atoms with Gasteiger partial charge in [-0.1, -0.05) is 20.8 Å². The van der Waals surface area contributed by atoms with Crippen LogP contribution in [0.25, 0.3) is 0 Å². The molecule has 7 aliphatic rings. The van der Waals surface area contributed by atoms with Crippen molar-refractivity contribution in [1.82, 2.24) is 0 Å². The molecule has 8 nitrogen and oxygen atoms in total. The van der Waals surface area contributed by atoms with E-state index in [1.54, 1.807) is 13.8 Å². The summed E-state index contributed by atoms with van der Waals surface area (Å²) in [7, 11) is 0. The third-order valence-corrected chi connectivity index (χ3v) is 14.5. The number of aliphatic hydroxyl groups excluding tert-OH is 2. The van der Waals surface area contributed by atoms with Crippen LogP contribution in [0.1, 0.15) is 112 Å². The van der Waals surface area contributed by atoms with Gasteiger partial charge < -0.3 is 34.3 Å². The summed E-state index contributed by atoms with van der Waals surface area (Å²) in [5, 5.41) is 31.0. The molecule has 43 heavy (non-hydrogen) atoms. The first-order chi connectivity index (χ1) is 20.1. The Balaban J connectivity index is 1.07. The molecule has 7 fully saturated rings. The first kappa shape index (κ1) is 30.9. The van der Waals surface area contributed by atoms with Crippen molar-refractivity contribution in [3.8, 4) is 0 Å². The Morgan fingerprint density at radius 3 is 2.35 bits per heavy atom. The normalized spacial score (nSPS) is 52.5. The van der Waals surface area contributed by atoms with Crippen LogP contribution in [-0.2, 0) is 23.7 Å². The molecule has 7 rings (SSSR count). The van der Waals surface area contributed by atoms with Gasteiger partial charge in [-0.2, -0.15) is 0 Å². The molecule has 0 amide bonds. The lowest BCUT2D eigenvalue weighted by Gasteiger charge is -2.60. The second-order valence-corrected chi connectivity index (χ2v) is 17.3. The summed E-state index contributed by atoms with van der Waals surface area (Å²) < 4.78 is 24.8. The molecule has 3 N–H and O–H groups in total. The van der Waals surface area contributed by atoms with Gasteiger partial charge >= 0.3 is 5.97 Å². The van der Waals surface area contributed by atoms with Crippen molar-refractivity contribution < 1.29 is 39.1 Å². The molecule has 0 aromatic carbocycles. The largest absolute Gasteiger partial charge is 0.457 e. The molecule has 14 atom stereocenters. The van der Waals surface area contributed by atoms with Gasteiger partial charge in [0, 0.05) is 13.3 Å². The number of esters is 1. The predicted molar refractivity (Wildman–Crippen MR) is 159 cm³/mol. The molecule has 2 aliphatic heterocycles. The lowest BCUT2D eigenvalue weighted by atomic mass is 9.46. The molecule has 244 valence electrons. The molecule has 9 unspecified atom stereocenters. The summed E-state index contributed by atoms with van der Waals surface area (Å²) in [4.78, 5) is 11.9. The Morgan fingerprint density at radius 1 is 0.907 bits per heavy atom. The molecule has 2 saturated heterocycles. The monoisotopic (exact) mass is 604 g/mol. The van der Waals surface area contributed by atoms with E-state index < -0.39 is 30.2 Å². The van der Waals surface area contributed by atoms with Gasteiger partial charge in [-0.05, 0) is 123 Å². The number of hydrogen-bond acceptors (Lipinski definition) is 8. The standard InChI is InChI=1S/C35H56O8/c1-19(36)41-30(32(4,5)39)25-9-7-21-26(42-25)15-22-20-8-10-27-31(2,3)28(43-29-16-23(37)24(38)17-40-29)11-12-35(27)18-34(20,35)14-13-33(21,22)6/h20-30,37-39H,7-18H2,1-6H3/t20?,21-,22?,23+,24+,25?,26?,27?,28?,29?,30-,33?,34-,35?/m0/s1. The van der Waals surface area contributed by atoms with Crippen LogP contribution in [0.4, 0.5) is 0 Å². The van der Waals surface area contributed by atoms with E-state index in [2.05, 4.69) is 20.8 Å². The van der Waals surface area contributed by atoms with Crippen molar-refractivity contribution in [3.63, 3.8) is 0 Å². The summed E-state index contributed by atoms with van der Waals surface area (Å²) in [5.74, 6) is 2.18. The van der Waals surface area contributed by atoms with Crippen LogP contribution in [-0.4, -0.2) is 76.4 Å². The quantitative estimate of drug-likeness (QED) is 0.304. The Kier molecular flexibility index (Phi) is 7.26. The third-order valence-electron chi connectivity index (χ3n) is 14.5. The zero-order valence-corrected chi connectivity index (χ0v) is 27.2. The Labute approximate surface area is 257 Å². The van der Waals surface area contributed by atoms with Gasteiger partial charge in [0.2, 0.25) is 0 Å². The number of carbonyl (C=O) groups is 1. The molecule has 2 spiro atoms. The second-order valence-electron chi connectivity index (χ2n) is 17.3. The topological polar surface area (TPSA) is 115 Å². The zero-order valence-electron chi connectivity index (χ0n) is 27.2. The Morgan fingerprint density at radius 2 is 1.65 bits per heavy atom. The van der Waals surface area contributed by atoms with Crippen molar-refractivity contribution in [1.29, 1.82) is 0 Å². The molecule has 0 radical (unpaired) electrons. The van der Waals surface area contributed by atoms with Crippen LogP contribution in [0.2, 0.25) is 0 Å². The Bertz CT molecular complexity index is 1100. The first-order valence-electron chi connectivity index (χ1n) is 17.3. The van der Waals surface area contributed by atoms with E-state index in [0.717, 1.165) is 31.6 Å². The summed E-state index contributed by atoms with van der Waals surface area (Å²) in [6.45, 7) is 12.4. The highest BCUT2D eigenvalue weighted by Crippen LogP contribution is 2.87. The fourth-order valence-electron chi connectivity index (χ4n) is 12.6. The predicted octanol–water partition coefficient (Wildman–Crippen LogP) is 4.75. The van der Waals surface area contributed by atoms with Crippen molar-refractivity contribution in [3.05, 3.63) is 0 Å². The number of rotatable bonds is 5. The van der Waals surface area contributed by atoms with Gasteiger partial charge in [0.05, 0.1) is 36.6 Å². The van der Waals surface area contributed by atoms with E-state index in [0.29, 0.717) is 35.0 Å². The van der Waals surface area contributed by atoms with E-state index >= 15 is 0 Å². The van der Waals surface area contributed by atoms with Crippen LogP contribution >= 0.6 is 0 Å². The summed E-state index contributed by atoms with van der Waals surface area (Å²) in [5.41, 5.74) is 0.00131.